The summed E-state index contributed by atoms with van der Waals surface area (Å²) < 4.78 is 5.63. The maximum Gasteiger partial charge on any atom is 0.407 e. The number of hydrogen-bond donors (Lipinski definition) is 2. The Morgan fingerprint density at radius 2 is 1.64 bits per heavy atom. The van der Waals surface area contributed by atoms with Gasteiger partial charge in [0.1, 0.15) is 13.2 Å². The average Bonchev–Trinajstić information content (AvgIpc) is 3.38. The van der Waals surface area contributed by atoms with Gasteiger partial charge in [-0.3, -0.25) is 9.59 Å². The van der Waals surface area contributed by atoms with E-state index in [4.69, 9.17) is 9.84 Å². The lowest BCUT2D eigenvalue weighted by Gasteiger charge is -2.30. The van der Waals surface area contributed by atoms with E-state index in [-0.39, 0.29) is 37.1 Å². The molecule has 0 spiro atoms. The Morgan fingerprint density at radius 1 is 1.03 bits per heavy atom. The zero-order valence-corrected chi connectivity index (χ0v) is 19.0. The van der Waals surface area contributed by atoms with Gasteiger partial charge in [-0.15, -0.1) is 0 Å². The predicted octanol–water partition coefficient (Wildman–Crippen LogP) is 4.02. The number of carbonyl (C=O) groups excluding carboxylic acids is 2. The maximum atomic E-state index is 13.0. The fourth-order valence-electron chi connectivity index (χ4n) is 5.09. The van der Waals surface area contributed by atoms with Crippen molar-refractivity contribution >= 4 is 18.0 Å². The van der Waals surface area contributed by atoms with E-state index in [1.54, 1.807) is 13.8 Å². The first kappa shape index (κ1) is 22.8. The van der Waals surface area contributed by atoms with Crippen LogP contribution in [0, 0.1) is 5.92 Å². The van der Waals surface area contributed by atoms with E-state index >= 15 is 0 Å². The summed E-state index contributed by atoms with van der Waals surface area (Å²) in [4.78, 5) is 38.3. The first-order valence-corrected chi connectivity index (χ1v) is 11.5. The highest BCUT2D eigenvalue weighted by atomic mass is 16.5. The topological polar surface area (TPSA) is 95.9 Å². The lowest BCUT2D eigenvalue weighted by Crippen LogP contribution is -2.49. The summed E-state index contributed by atoms with van der Waals surface area (Å²) in [5, 5.41) is 12.0. The molecule has 0 aliphatic heterocycles. The molecule has 4 rings (SSSR count). The van der Waals surface area contributed by atoms with Crippen molar-refractivity contribution in [2.75, 3.05) is 13.2 Å². The highest BCUT2D eigenvalue weighted by Gasteiger charge is 2.38. The standard InChI is InChI=1S/C26H30N2O5/c1-16(2)28(14-24(29)30)25(31)21-12-7-13-23(21)27-26(32)33-15-22-19-10-5-3-8-17(19)18-9-4-6-11-20(18)22/h3-6,8-11,16,21-23H,7,12-15H2,1-2H3,(H,27,32)(H,29,30). The summed E-state index contributed by atoms with van der Waals surface area (Å²) in [6, 6.07) is 15.7. The highest BCUT2D eigenvalue weighted by Crippen LogP contribution is 2.44. The van der Waals surface area contributed by atoms with Crippen LogP contribution in [0.3, 0.4) is 0 Å². The van der Waals surface area contributed by atoms with E-state index in [2.05, 4.69) is 29.6 Å². The largest absolute Gasteiger partial charge is 0.480 e. The minimum absolute atomic E-state index is 0.0313. The molecule has 1 fully saturated rings. The van der Waals surface area contributed by atoms with Crippen LogP contribution in [0.1, 0.15) is 50.2 Å². The summed E-state index contributed by atoms with van der Waals surface area (Å²) in [6.45, 7) is 3.46. The third-order valence-corrected chi connectivity index (χ3v) is 6.69. The number of alkyl carbamates (subject to hydrolysis) is 1. The molecule has 2 amide bonds. The van der Waals surface area contributed by atoms with Crippen LogP contribution < -0.4 is 5.32 Å². The lowest BCUT2D eigenvalue weighted by molar-refractivity contribution is -0.148. The van der Waals surface area contributed by atoms with E-state index in [0.717, 1.165) is 28.7 Å². The van der Waals surface area contributed by atoms with Crippen molar-refractivity contribution in [2.24, 2.45) is 5.92 Å². The minimum Gasteiger partial charge on any atom is -0.480 e. The summed E-state index contributed by atoms with van der Waals surface area (Å²) in [6.07, 6.45) is 1.54. The molecule has 2 aromatic rings. The normalized spacial score (nSPS) is 19.1. The Balaban J connectivity index is 1.40. The summed E-state index contributed by atoms with van der Waals surface area (Å²) >= 11 is 0. The molecule has 0 heterocycles. The molecule has 174 valence electrons. The second-order valence-corrected chi connectivity index (χ2v) is 9.07. The van der Waals surface area contributed by atoms with E-state index in [9.17, 15) is 14.4 Å². The molecule has 1 saturated carbocycles. The fourth-order valence-corrected chi connectivity index (χ4v) is 5.09. The molecule has 2 atom stereocenters. The van der Waals surface area contributed by atoms with Gasteiger partial charge < -0.3 is 20.1 Å². The van der Waals surface area contributed by atoms with Gasteiger partial charge in [-0.2, -0.15) is 0 Å². The molecular weight excluding hydrogens is 420 g/mol. The fraction of sp³-hybridized carbons (Fsp3) is 0.423. The van der Waals surface area contributed by atoms with Gasteiger partial charge in [0.2, 0.25) is 5.91 Å². The molecule has 0 bridgehead atoms. The molecule has 2 aromatic carbocycles. The Morgan fingerprint density at radius 3 is 2.21 bits per heavy atom. The van der Waals surface area contributed by atoms with Crippen LogP contribution in [-0.4, -0.2) is 53.2 Å². The van der Waals surface area contributed by atoms with E-state index < -0.39 is 18.0 Å². The van der Waals surface area contributed by atoms with Gasteiger partial charge in [0.25, 0.3) is 0 Å². The summed E-state index contributed by atoms with van der Waals surface area (Å²) in [5.41, 5.74) is 4.61. The lowest BCUT2D eigenvalue weighted by atomic mass is 9.98. The molecule has 2 N–H and O–H groups in total. The predicted molar refractivity (Wildman–Crippen MR) is 124 cm³/mol. The van der Waals surface area contributed by atoms with Gasteiger partial charge in [0, 0.05) is 18.0 Å². The van der Waals surface area contributed by atoms with Gasteiger partial charge in [0.15, 0.2) is 0 Å². The number of nitrogens with zero attached hydrogens (tertiary/aromatic N) is 1. The van der Waals surface area contributed by atoms with Crippen molar-refractivity contribution in [1.82, 2.24) is 10.2 Å². The SMILES string of the molecule is CC(C)N(CC(=O)O)C(=O)C1CCCC1NC(=O)OCC1c2ccccc2-c2ccccc21. The number of amides is 2. The number of carbonyl (C=O) groups is 3. The number of ether oxygens (including phenoxy) is 1. The van der Waals surface area contributed by atoms with Crippen molar-refractivity contribution in [3.63, 3.8) is 0 Å². The van der Waals surface area contributed by atoms with Crippen LogP contribution in [-0.2, 0) is 14.3 Å². The molecule has 2 aliphatic carbocycles. The number of carboxylic acids is 1. The van der Waals surface area contributed by atoms with Crippen molar-refractivity contribution in [3.05, 3.63) is 59.7 Å². The van der Waals surface area contributed by atoms with Crippen LogP contribution in [0.4, 0.5) is 4.79 Å². The van der Waals surface area contributed by atoms with Gasteiger partial charge in [0.05, 0.1) is 5.92 Å². The van der Waals surface area contributed by atoms with Crippen molar-refractivity contribution in [2.45, 2.75) is 51.1 Å². The zero-order chi connectivity index (χ0) is 23.5. The number of nitrogens with one attached hydrogen (secondary N) is 1. The molecule has 2 unspecified atom stereocenters. The number of fused-ring (bicyclic) bond motifs is 3. The Kier molecular flexibility index (Phi) is 6.67. The Hall–Kier alpha value is -3.35. The quantitative estimate of drug-likeness (QED) is 0.664. The zero-order valence-electron chi connectivity index (χ0n) is 19.0. The molecule has 0 saturated heterocycles. The second-order valence-electron chi connectivity index (χ2n) is 9.07. The van der Waals surface area contributed by atoms with Gasteiger partial charge in [-0.05, 0) is 48.9 Å². The van der Waals surface area contributed by atoms with Gasteiger partial charge in [-0.1, -0.05) is 55.0 Å². The summed E-state index contributed by atoms with van der Waals surface area (Å²) in [7, 11) is 0. The van der Waals surface area contributed by atoms with Crippen LogP contribution in [0.15, 0.2) is 48.5 Å². The average molecular weight is 451 g/mol. The second kappa shape index (κ2) is 9.65. The summed E-state index contributed by atoms with van der Waals surface area (Å²) in [5.74, 6) is -1.74. The molecular formula is C26H30N2O5. The first-order valence-electron chi connectivity index (χ1n) is 11.5. The third-order valence-electron chi connectivity index (χ3n) is 6.69. The molecule has 33 heavy (non-hydrogen) atoms. The molecule has 0 radical (unpaired) electrons. The molecule has 0 aromatic heterocycles. The Labute approximate surface area is 193 Å². The van der Waals surface area contributed by atoms with Crippen molar-refractivity contribution < 1.29 is 24.2 Å². The minimum atomic E-state index is -1.05. The molecule has 7 nitrogen and oxygen atoms in total. The number of carboxylic acid groups (broad SMARTS) is 1. The number of benzene rings is 2. The van der Waals surface area contributed by atoms with E-state index in [1.807, 2.05) is 24.3 Å². The monoisotopic (exact) mass is 450 g/mol. The first-order chi connectivity index (χ1) is 15.9. The Bertz CT molecular complexity index is 1000. The molecule has 2 aliphatic rings. The number of aliphatic carboxylic acids is 1. The van der Waals surface area contributed by atoms with Crippen LogP contribution >= 0.6 is 0 Å². The smallest absolute Gasteiger partial charge is 0.407 e. The van der Waals surface area contributed by atoms with E-state index in [0.29, 0.717) is 12.8 Å². The van der Waals surface area contributed by atoms with Crippen molar-refractivity contribution in [1.29, 1.82) is 0 Å². The van der Waals surface area contributed by atoms with Crippen LogP contribution in [0.25, 0.3) is 11.1 Å². The van der Waals surface area contributed by atoms with Gasteiger partial charge in [-0.25, -0.2) is 4.79 Å². The van der Waals surface area contributed by atoms with E-state index in [1.165, 1.54) is 4.90 Å². The van der Waals surface area contributed by atoms with Crippen LogP contribution in [0.5, 0.6) is 0 Å². The molecule has 7 heteroatoms. The maximum absolute atomic E-state index is 13.0. The number of rotatable bonds is 7. The van der Waals surface area contributed by atoms with Crippen molar-refractivity contribution in [3.8, 4) is 11.1 Å². The highest BCUT2D eigenvalue weighted by molar-refractivity contribution is 5.85. The third kappa shape index (κ3) is 4.72. The number of hydrogen-bond acceptors (Lipinski definition) is 4. The van der Waals surface area contributed by atoms with Crippen LogP contribution in [0.2, 0.25) is 0 Å². The van der Waals surface area contributed by atoms with Gasteiger partial charge >= 0.3 is 12.1 Å².